The summed E-state index contributed by atoms with van der Waals surface area (Å²) >= 11 is 5.93. The first-order valence-corrected chi connectivity index (χ1v) is 7.85. The number of hydrogen-bond donors (Lipinski definition) is 2. The van der Waals surface area contributed by atoms with E-state index in [0.29, 0.717) is 16.0 Å². The minimum Gasteiger partial charge on any atom is -0.481 e. The average molecular weight is 375 g/mol. The molecule has 9 heteroatoms. The SMILES string of the molecule is O=C(Cc1c[nH]c2ccc(Cl)cc12)N1CCC(C(=O)O)(C(F)(F)F)C1. The number of fused-ring (bicyclic) bond motifs is 1. The monoisotopic (exact) mass is 374 g/mol. The van der Waals surface area contributed by atoms with Gasteiger partial charge in [-0.2, -0.15) is 13.2 Å². The summed E-state index contributed by atoms with van der Waals surface area (Å²) in [5, 5.41) is 10.2. The number of hydrogen-bond acceptors (Lipinski definition) is 2. The normalized spacial score (nSPS) is 21.0. The van der Waals surface area contributed by atoms with Crippen molar-refractivity contribution in [2.24, 2.45) is 5.41 Å². The van der Waals surface area contributed by atoms with Gasteiger partial charge in [-0.05, 0) is 30.2 Å². The van der Waals surface area contributed by atoms with Crippen LogP contribution in [0.25, 0.3) is 10.9 Å². The molecule has 1 atom stereocenters. The zero-order chi connectivity index (χ0) is 18.4. The van der Waals surface area contributed by atoms with E-state index in [2.05, 4.69) is 4.98 Å². The van der Waals surface area contributed by atoms with Crippen LogP contribution in [0.3, 0.4) is 0 Å². The van der Waals surface area contributed by atoms with Crippen molar-refractivity contribution in [2.45, 2.75) is 19.0 Å². The minimum atomic E-state index is -4.91. The van der Waals surface area contributed by atoms with Crippen molar-refractivity contribution in [3.05, 3.63) is 35.0 Å². The number of aliphatic carboxylic acids is 1. The minimum absolute atomic E-state index is 0.131. The van der Waals surface area contributed by atoms with Crippen molar-refractivity contribution < 1.29 is 27.9 Å². The lowest BCUT2D eigenvalue weighted by atomic mass is 9.86. The lowest BCUT2D eigenvalue weighted by molar-refractivity contribution is -0.227. The molecule has 0 bridgehead atoms. The first kappa shape index (κ1) is 17.6. The van der Waals surface area contributed by atoms with E-state index in [1.807, 2.05) is 0 Å². The molecule has 0 radical (unpaired) electrons. The third-order valence-electron chi connectivity index (χ3n) is 4.65. The Morgan fingerprint density at radius 2 is 2.08 bits per heavy atom. The van der Waals surface area contributed by atoms with Crippen molar-refractivity contribution in [1.29, 1.82) is 0 Å². The van der Waals surface area contributed by atoms with E-state index >= 15 is 0 Å². The quantitative estimate of drug-likeness (QED) is 0.866. The standard InChI is InChI=1S/C16H14ClF3N2O3/c17-10-1-2-12-11(6-10)9(7-21-12)5-13(23)22-4-3-15(8-22,14(24)25)16(18,19)20/h1-2,6-7,21H,3-5,8H2,(H,24,25). The van der Waals surface area contributed by atoms with Gasteiger partial charge in [-0.25, -0.2) is 0 Å². The van der Waals surface area contributed by atoms with E-state index in [-0.39, 0.29) is 13.0 Å². The van der Waals surface area contributed by atoms with E-state index in [9.17, 15) is 22.8 Å². The average Bonchev–Trinajstić information content (AvgIpc) is 3.12. The fraction of sp³-hybridized carbons (Fsp3) is 0.375. The van der Waals surface area contributed by atoms with E-state index in [1.54, 1.807) is 24.4 Å². The molecular weight excluding hydrogens is 361 g/mol. The number of carboxylic acids is 1. The van der Waals surface area contributed by atoms with Gasteiger partial charge in [-0.3, -0.25) is 9.59 Å². The van der Waals surface area contributed by atoms with Crippen molar-refractivity contribution in [2.75, 3.05) is 13.1 Å². The highest BCUT2D eigenvalue weighted by atomic mass is 35.5. The van der Waals surface area contributed by atoms with Crippen molar-refractivity contribution in [3.8, 4) is 0 Å². The third-order valence-corrected chi connectivity index (χ3v) is 4.88. The van der Waals surface area contributed by atoms with Gasteiger partial charge >= 0.3 is 12.1 Å². The second-order valence-corrected chi connectivity index (χ2v) is 6.57. The van der Waals surface area contributed by atoms with Crippen LogP contribution in [-0.2, 0) is 16.0 Å². The molecular formula is C16H14ClF3N2O3. The Balaban J connectivity index is 1.80. The van der Waals surface area contributed by atoms with Crippen LogP contribution in [0.2, 0.25) is 5.02 Å². The molecule has 0 saturated carbocycles. The Kier molecular flexibility index (Phi) is 4.18. The van der Waals surface area contributed by atoms with Gasteiger partial charge in [0.15, 0.2) is 5.41 Å². The molecule has 1 aromatic carbocycles. The number of carboxylic acid groups (broad SMARTS) is 1. The number of nitrogens with one attached hydrogen (secondary N) is 1. The molecule has 5 nitrogen and oxygen atoms in total. The lowest BCUT2D eigenvalue weighted by Gasteiger charge is -2.27. The van der Waals surface area contributed by atoms with E-state index in [4.69, 9.17) is 16.7 Å². The number of aromatic nitrogens is 1. The van der Waals surface area contributed by atoms with Crippen LogP contribution in [0.4, 0.5) is 13.2 Å². The molecule has 0 aliphatic carbocycles. The fourth-order valence-electron chi connectivity index (χ4n) is 3.12. The van der Waals surface area contributed by atoms with Crippen molar-refractivity contribution in [3.63, 3.8) is 0 Å². The van der Waals surface area contributed by atoms with E-state index < -0.39 is 36.4 Å². The largest absolute Gasteiger partial charge is 0.481 e. The highest BCUT2D eigenvalue weighted by Gasteiger charge is 2.64. The number of likely N-dealkylation sites (tertiary alicyclic amines) is 1. The number of carbonyl (C=O) groups is 2. The van der Waals surface area contributed by atoms with Crippen LogP contribution in [-0.4, -0.2) is 46.1 Å². The molecule has 1 aliphatic rings. The Morgan fingerprint density at radius 3 is 2.68 bits per heavy atom. The van der Waals surface area contributed by atoms with Crippen LogP contribution in [0.1, 0.15) is 12.0 Å². The summed E-state index contributed by atoms with van der Waals surface area (Å²) in [7, 11) is 0. The Hall–Kier alpha value is -2.22. The summed E-state index contributed by atoms with van der Waals surface area (Å²) in [4.78, 5) is 27.5. The summed E-state index contributed by atoms with van der Waals surface area (Å²) in [5.74, 6) is -2.50. The maximum atomic E-state index is 13.2. The summed E-state index contributed by atoms with van der Waals surface area (Å²) in [6, 6.07) is 5.08. The van der Waals surface area contributed by atoms with Crippen LogP contribution in [0.5, 0.6) is 0 Å². The third kappa shape index (κ3) is 2.95. The van der Waals surface area contributed by atoms with Crippen LogP contribution in [0, 0.1) is 5.41 Å². The number of nitrogens with zero attached hydrogens (tertiary/aromatic N) is 1. The summed E-state index contributed by atoms with van der Waals surface area (Å²) in [6.07, 6.45) is -4.09. The van der Waals surface area contributed by atoms with E-state index in [0.717, 1.165) is 10.4 Å². The molecule has 1 unspecified atom stereocenters. The number of amides is 1. The number of halogens is 4. The molecule has 0 spiro atoms. The fourth-order valence-corrected chi connectivity index (χ4v) is 3.29. The first-order valence-electron chi connectivity index (χ1n) is 7.47. The topological polar surface area (TPSA) is 73.4 Å². The lowest BCUT2D eigenvalue weighted by Crippen LogP contribution is -2.47. The molecule has 3 rings (SSSR count). The molecule has 2 N–H and O–H groups in total. The Bertz CT molecular complexity index is 849. The van der Waals surface area contributed by atoms with Gasteiger partial charge in [0.25, 0.3) is 0 Å². The van der Waals surface area contributed by atoms with Crippen LogP contribution >= 0.6 is 11.6 Å². The zero-order valence-corrected chi connectivity index (χ0v) is 13.6. The number of aromatic amines is 1. The molecule has 134 valence electrons. The highest BCUT2D eigenvalue weighted by molar-refractivity contribution is 6.31. The molecule has 2 aromatic rings. The van der Waals surface area contributed by atoms with Crippen LogP contribution < -0.4 is 0 Å². The number of benzene rings is 1. The van der Waals surface area contributed by atoms with Gasteiger partial charge in [-0.15, -0.1) is 0 Å². The number of H-pyrrole nitrogens is 1. The summed E-state index contributed by atoms with van der Waals surface area (Å²) in [6.45, 7) is -1.11. The van der Waals surface area contributed by atoms with Crippen LogP contribution in [0.15, 0.2) is 24.4 Å². The van der Waals surface area contributed by atoms with Gasteiger partial charge < -0.3 is 15.0 Å². The van der Waals surface area contributed by atoms with Gasteiger partial charge in [-0.1, -0.05) is 11.6 Å². The maximum absolute atomic E-state index is 13.2. The predicted octanol–water partition coefficient (Wildman–Crippen LogP) is 3.23. The van der Waals surface area contributed by atoms with Crippen molar-refractivity contribution >= 4 is 34.4 Å². The second-order valence-electron chi connectivity index (χ2n) is 6.13. The Labute approximate surface area is 145 Å². The van der Waals surface area contributed by atoms with Gasteiger partial charge in [0.2, 0.25) is 5.91 Å². The van der Waals surface area contributed by atoms with Gasteiger partial charge in [0.05, 0.1) is 6.42 Å². The smallest absolute Gasteiger partial charge is 0.406 e. The number of carbonyl (C=O) groups excluding carboxylic acids is 1. The maximum Gasteiger partial charge on any atom is 0.406 e. The molecule has 1 fully saturated rings. The molecule has 1 aliphatic heterocycles. The molecule has 25 heavy (non-hydrogen) atoms. The molecule has 2 heterocycles. The molecule has 1 saturated heterocycles. The van der Waals surface area contributed by atoms with Gasteiger partial charge in [0.1, 0.15) is 0 Å². The molecule has 1 amide bonds. The Morgan fingerprint density at radius 1 is 1.36 bits per heavy atom. The molecule has 1 aromatic heterocycles. The van der Waals surface area contributed by atoms with E-state index in [1.165, 1.54) is 0 Å². The zero-order valence-electron chi connectivity index (χ0n) is 12.9. The second kappa shape index (κ2) is 5.94. The highest BCUT2D eigenvalue weighted by Crippen LogP contribution is 2.45. The number of rotatable bonds is 3. The van der Waals surface area contributed by atoms with Crippen molar-refractivity contribution in [1.82, 2.24) is 9.88 Å². The number of alkyl halides is 3. The predicted molar refractivity (Wildman–Crippen MR) is 84.3 cm³/mol. The van der Waals surface area contributed by atoms with Gasteiger partial charge in [0, 0.05) is 35.2 Å². The first-order chi connectivity index (χ1) is 11.6. The summed E-state index contributed by atoms with van der Waals surface area (Å²) < 4.78 is 39.6. The summed E-state index contributed by atoms with van der Waals surface area (Å²) in [5.41, 5.74) is -1.54.